The van der Waals surface area contributed by atoms with E-state index in [9.17, 15) is 4.79 Å². The third kappa shape index (κ3) is 2.83. The highest BCUT2D eigenvalue weighted by Gasteiger charge is 2.12. The Hall–Kier alpha value is -1.53. The van der Waals surface area contributed by atoms with E-state index >= 15 is 0 Å². The molecular formula is C11H11ClN4OS. The van der Waals surface area contributed by atoms with Crippen LogP contribution in [0.4, 0.5) is 5.82 Å². The van der Waals surface area contributed by atoms with E-state index in [2.05, 4.69) is 27.2 Å². The van der Waals surface area contributed by atoms with Gasteiger partial charge in [-0.2, -0.15) is 0 Å². The molecule has 0 aliphatic carbocycles. The molecule has 5 nitrogen and oxygen atoms in total. The number of anilines is 1. The fourth-order valence-electron chi connectivity index (χ4n) is 1.43. The molecule has 2 aromatic heterocycles. The van der Waals surface area contributed by atoms with E-state index in [-0.39, 0.29) is 16.6 Å². The Kier molecular flexibility index (Phi) is 4.22. The maximum absolute atomic E-state index is 10.9. The maximum Gasteiger partial charge on any atom is 0.156 e. The van der Waals surface area contributed by atoms with Crippen molar-refractivity contribution in [2.75, 3.05) is 11.9 Å². The predicted molar refractivity (Wildman–Crippen MR) is 71.4 cm³/mol. The van der Waals surface area contributed by atoms with Gasteiger partial charge in [-0.05, 0) is 0 Å². The van der Waals surface area contributed by atoms with Crippen molar-refractivity contribution in [3.8, 4) is 0 Å². The van der Waals surface area contributed by atoms with E-state index in [4.69, 9.17) is 11.6 Å². The molecule has 0 aliphatic heterocycles. The first-order valence-electron chi connectivity index (χ1n) is 5.31. The SMILES string of the molecule is CC(CNc1ncnc(Cl)c1C=O)c1nccs1. The summed E-state index contributed by atoms with van der Waals surface area (Å²) in [6, 6.07) is 0. The lowest BCUT2D eigenvalue weighted by Gasteiger charge is -2.11. The number of nitrogens with one attached hydrogen (secondary N) is 1. The quantitative estimate of drug-likeness (QED) is 0.674. The number of halogens is 1. The normalized spacial score (nSPS) is 12.1. The van der Waals surface area contributed by atoms with Crippen molar-refractivity contribution in [1.82, 2.24) is 15.0 Å². The zero-order valence-corrected chi connectivity index (χ0v) is 11.2. The van der Waals surface area contributed by atoms with E-state index in [1.807, 2.05) is 5.38 Å². The standard InChI is InChI=1S/C11H11ClN4OS/c1-7(11-13-2-3-18-11)4-14-10-8(5-17)9(12)15-6-16-10/h2-3,5-7H,4H2,1H3,(H,14,15,16). The van der Waals surface area contributed by atoms with Gasteiger partial charge in [-0.1, -0.05) is 18.5 Å². The summed E-state index contributed by atoms with van der Waals surface area (Å²) < 4.78 is 0. The average molecular weight is 283 g/mol. The third-order valence-electron chi connectivity index (χ3n) is 2.40. The molecule has 2 heterocycles. The predicted octanol–water partition coefficient (Wildman–Crippen LogP) is 2.61. The van der Waals surface area contributed by atoms with Crippen LogP contribution in [0.2, 0.25) is 5.15 Å². The molecular weight excluding hydrogens is 272 g/mol. The van der Waals surface area contributed by atoms with Gasteiger partial charge < -0.3 is 5.32 Å². The molecule has 0 spiro atoms. The van der Waals surface area contributed by atoms with Crippen molar-refractivity contribution in [1.29, 1.82) is 0 Å². The van der Waals surface area contributed by atoms with Crippen molar-refractivity contribution in [2.24, 2.45) is 0 Å². The summed E-state index contributed by atoms with van der Waals surface area (Å²) in [5, 5.41) is 6.22. The van der Waals surface area contributed by atoms with Gasteiger partial charge >= 0.3 is 0 Å². The van der Waals surface area contributed by atoms with Crippen LogP contribution in [0.3, 0.4) is 0 Å². The van der Waals surface area contributed by atoms with E-state index in [0.29, 0.717) is 18.6 Å². The van der Waals surface area contributed by atoms with Crippen molar-refractivity contribution in [3.05, 3.63) is 33.6 Å². The van der Waals surface area contributed by atoms with Gasteiger partial charge in [0.05, 0.1) is 10.6 Å². The summed E-state index contributed by atoms with van der Waals surface area (Å²) in [5.41, 5.74) is 0.283. The summed E-state index contributed by atoms with van der Waals surface area (Å²) in [4.78, 5) is 22.9. The number of rotatable bonds is 5. The first-order chi connectivity index (χ1) is 8.72. The minimum Gasteiger partial charge on any atom is -0.369 e. The first kappa shape index (κ1) is 12.9. The van der Waals surface area contributed by atoms with E-state index in [1.54, 1.807) is 17.5 Å². The van der Waals surface area contributed by atoms with Gasteiger partial charge in [0, 0.05) is 24.0 Å². The number of thiazole rings is 1. The second-order valence-corrected chi connectivity index (χ2v) is 4.98. The van der Waals surface area contributed by atoms with E-state index in [1.165, 1.54) is 6.33 Å². The van der Waals surface area contributed by atoms with Crippen LogP contribution in [-0.2, 0) is 0 Å². The Morgan fingerprint density at radius 1 is 1.50 bits per heavy atom. The Morgan fingerprint density at radius 3 is 3.00 bits per heavy atom. The minimum absolute atomic E-state index is 0.157. The van der Waals surface area contributed by atoms with Crippen LogP contribution in [0.25, 0.3) is 0 Å². The number of aromatic nitrogens is 3. The molecule has 0 fully saturated rings. The Labute approximate surface area is 113 Å². The number of hydrogen-bond acceptors (Lipinski definition) is 6. The van der Waals surface area contributed by atoms with Crippen molar-refractivity contribution in [2.45, 2.75) is 12.8 Å². The molecule has 94 valence electrons. The summed E-state index contributed by atoms with van der Waals surface area (Å²) in [6.07, 6.45) is 3.75. The van der Waals surface area contributed by atoms with Crippen molar-refractivity contribution >= 4 is 35.0 Å². The number of aldehydes is 1. The number of nitrogens with zero attached hydrogens (tertiary/aromatic N) is 3. The van der Waals surface area contributed by atoms with Crippen LogP contribution in [0.1, 0.15) is 28.2 Å². The van der Waals surface area contributed by atoms with Crippen LogP contribution in [0.15, 0.2) is 17.9 Å². The lowest BCUT2D eigenvalue weighted by molar-refractivity contribution is 0.112. The molecule has 0 amide bonds. The van der Waals surface area contributed by atoms with Gasteiger partial charge in [-0.25, -0.2) is 15.0 Å². The molecule has 0 saturated carbocycles. The minimum atomic E-state index is 0.157. The van der Waals surface area contributed by atoms with Gasteiger partial charge in [0.2, 0.25) is 0 Å². The second-order valence-electron chi connectivity index (χ2n) is 3.70. The maximum atomic E-state index is 10.9. The number of carbonyl (C=O) groups excluding carboxylic acids is 1. The van der Waals surface area contributed by atoms with Crippen LogP contribution in [-0.4, -0.2) is 27.8 Å². The Bertz CT molecular complexity index is 532. The van der Waals surface area contributed by atoms with Crippen molar-refractivity contribution < 1.29 is 4.79 Å². The van der Waals surface area contributed by atoms with Crippen LogP contribution >= 0.6 is 22.9 Å². The summed E-state index contributed by atoms with van der Waals surface area (Å²) in [5.74, 6) is 0.687. The summed E-state index contributed by atoms with van der Waals surface area (Å²) >= 11 is 7.41. The fraction of sp³-hybridized carbons (Fsp3) is 0.273. The number of carbonyl (C=O) groups is 1. The molecule has 0 aromatic carbocycles. The third-order valence-corrected chi connectivity index (χ3v) is 3.71. The average Bonchev–Trinajstić information content (AvgIpc) is 2.90. The molecule has 0 aliphatic rings. The molecule has 18 heavy (non-hydrogen) atoms. The topological polar surface area (TPSA) is 67.8 Å². The monoisotopic (exact) mass is 282 g/mol. The van der Waals surface area contributed by atoms with Gasteiger partial charge in [-0.15, -0.1) is 11.3 Å². The molecule has 1 atom stereocenters. The zero-order valence-electron chi connectivity index (χ0n) is 9.63. The summed E-state index contributed by atoms with van der Waals surface area (Å²) in [7, 11) is 0. The van der Waals surface area contributed by atoms with Gasteiger partial charge in [-0.3, -0.25) is 4.79 Å². The highest BCUT2D eigenvalue weighted by molar-refractivity contribution is 7.09. The summed E-state index contributed by atoms with van der Waals surface area (Å²) in [6.45, 7) is 2.68. The smallest absolute Gasteiger partial charge is 0.156 e. The highest BCUT2D eigenvalue weighted by Crippen LogP contribution is 2.21. The zero-order chi connectivity index (χ0) is 13.0. The van der Waals surface area contributed by atoms with Crippen LogP contribution < -0.4 is 5.32 Å². The van der Waals surface area contributed by atoms with Gasteiger partial charge in [0.1, 0.15) is 17.3 Å². The first-order valence-corrected chi connectivity index (χ1v) is 6.57. The molecule has 0 bridgehead atoms. The van der Waals surface area contributed by atoms with Crippen LogP contribution in [0.5, 0.6) is 0 Å². The number of hydrogen-bond donors (Lipinski definition) is 1. The second kappa shape index (κ2) is 5.88. The molecule has 7 heteroatoms. The fourth-order valence-corrected chi connectivity index (χ4v) is 2.31. The highest BCUT2D eigenvalue weighted by atomic mass is 35.5. The molecule has 1 N–H and O–H groups in total. The van der Waals surface area contributed by atoms with E-state index < -0.39 is 0 Å². The largest absolute Gasteiger partial charge is 0.369 e. The molecule has 1 unspecified atom stereocenters. The van der Waals surface area contributed by atoms with E-state index in [0.717, 1.165) is 5.01 Å². The Balaban J connectivity index is 2.06. The molecule has 2 rings (SSSR count). The lowest BCUT2D eigenvalue weighted by atomic mass is 10.2. The molecule has 2 aromatic rings. The molecule has 0 radical (unpaired) electrons. The Morgan fingerprint density at radius 2 is 2.33 bits per heavy atom. The van der Waals surface area contributed by atoms with Gasteiger partial charge in [0.25, 0.3) is 0 Å². The van der Waals surface area contributed by atoms with Gasteiger partial charge in [0.15, 0.2) is 6.29 Å². The van der Waals surface area contributed by atoms with Crippen LogP contribution in [0, 0.1) is 0 Å². The molecule has 0 saturated heterocycles. The lowest BCUT2D eigenvalue weighted by Crippen LogP contribution is -2.12. The van der Waals surface area contributed by atoms with Crippen molar-refractivity contribution in [3.63, 3.8) is 0 Å².